The summed E-state index contributed by atoms with van der Waals surface area (Å²) in [7, 11) is 0. The van der Waals surface area contributed by atoms with E-state index in [0.29, 0.717) is 38.3 Å². The van der Waals surface area contributed by atoms with Gasteiger partial charge in [-0.15, -0.1) is 0 Å². The van der Waals surface area contributed by atoms with Crippen LogP contribution in [0, 0.1) is 6.92 Å². The fourth-order valence-corrected chi connectivity index (χ4v) is 2.75. The van der Waals surface area contributed by atoms with Gasteiger partial charge in [-0.05, 0) is 31.2 Å². The van der Waals surface area contributed by atoms with E-state index in [1.54, 1.807) is 22.1 Å². The summed E-state index contributed by atoms with van der Waals surface area (Å²) < 4.78 is 0. The van der Waals surface area contributed by atoms with E-state index in [1.807, 2.05) is 37.3 Å². The van der Waals surface area contributed by atoms with Gasteiger partial charge in [0.1, 0.15) is 5.69 Å². The lowest BCUT2D eigenvalue weighted by Crippen LogP contribution is -2.51. The normalized spacial score (nSPS) is 14.5. The average Bonchev–Trinajstić information content (AvgIpc) is 2.62. The minimum atomic E-state index is -0.0736. The first-order valence-corrected chi connectivity index (χ1v) is 8.04. The second-order valence-corrected chi connectivity index (χ2v) is 5.84. The van der Waals surface area contributed by atoms with E-state index in [2.05, 4.69) is 9.97 Å². The number of piperazine rings is 1. The van der Waals surface area contributed by atoms with Gasteiger partial charge in [0.2, 0.25) is 5.91 Å². The molecule has 6 heteroatoms. The fourth-order valence-electron chi connectivity index (χ4n) is 2.75. The van der Waals surface area contributed by atoms with Crippen LogP contribution in [-0.4, -0.2) is 57.8 Å². The molecule has 0 spiro atoms. The Morgan fingerprint density at radius 3 is 2.42 bits per heavy atom. The van der Waals surface area contributed by atoms with Gasteiger partial charge < -0.3 is 9.80 Å². The molecule has 3 heterocycles. The fraction of sp³-hybridized carbons (Fsp3) is 0.333. The Morgan fingerprint density at radius 1 is 1.00 bits per heavy atom. The highest BCUT2D eigenvalue weighted by Gasteiger charge is 2.25. The Balaban J connectivity index is 1.55. The minimum absolute atomic E-state index is 0.0504. The second-order valence-electron chi connectivity index (χ2n) is 5.84. The molecule has 3 rings (SSSR count). The van der Waals surface area contributed by atoms with Gasteiger partial charge in [-0.25, -0.2) is 4.98 Å². The minimum Gasteiger partial charge on any atom is -0.339 e. The quantitative estimate of drug-likeness (QED) is 0.854. The van der Waals surface area contributed by atoms with Crippen LogP contribution in [0.25, 0.3) is 0 Å². The van der Waals surface area contributed by atoms with Crippen LogP contribution in [0.4, 0.5) is 0 Å². The molecule has 0 saturated carbocycles. The van der Waals surface area contributed by atoms with Gasteiger partial charge >= 0.3 is 0 Å². The topological polar surface area (TPSA) is 66.4 Å². The number of carbonyl (C=O) groups is 2. The molecule has 1 aliphatic rings. The average molecular weight is 324 g/mol. The third-order valence-corrected chi connectivity index (χ3v) is 4.09. The number of hydrogen-bond acceptors (Lipinski definition) is 4. The van der Waals surface area contributed by atoms with Crippen molar-refractivity contribution in [2.45, 2.75) is 13.3 Å². The first kappa shape index (κ1) is 16.1. The number of nitrogens with zero attached hydrogens (tertiary/aromatic N) is 4. The molecule has 1 fully saturated rings. The summed E-state index contributed by atoms with van der Waals surface area (Å²) in [5.41, 5.74) is 2.05. The maximum absolute atomic E-state index is 12.5. The summed E-state index contributed by atoms with van der Waals surface area (Å²) in [4.78, 5) is 36.8. The van der Waals surface area contributed by atoms with E-state index in [-0.39, 0.29) is 11.8 Å². The number of pyridine rings is 2. The zero-order valence-electron chi connectivity index (χ0n) is 13.7. The second kappa shape index (κ2) is 7.21. The number of aryl methyl sites for hydroxylation is 1. The number of rotatable bonds is 3. The smallest absolute Gasteiger partial charge is 0.272 e. The first-order valence-electron chi connectivity index (χ1n) is 8.04. The molecule has 0 aromatic carbocycles. The van der Waals surface area contributed by atoms with E-state index in [1.165, 1.54) is 0 Å². The van der Waals surface area contributed by atoms with Gasteiger partial charge in [0.05, 0.1) is 6.42 Å². The molecule has 0 radical (unpaired) electrons. The lowest BCUT2D eigenvalue weighted by Gasteiger charge is -2.34. The number of hydrogen-bond donors (Lipinski definition) is 0. The van der Waals surface area contributed by atoms with Crippen LogP contribution in [0.15, 0.2) is 42.6 Å². The van der Waals surface area contributed by atoms with Gasteiger partial charge in [0.15, 0.2) is 0 Å². The number of carbonyl (C=O) groups excluding carboxylic acids is 2. The van der Waals surface area contributed by atoms with Gasteiger partial charge in [0.25, 0.3) is 5.91 Å². The van der Waals surface area contributed by atoms with Crippen LogP contribution in [0.1, 0.15) is 21.9 Å². The molecular weight excluding hydrogens is 304 g/mol. The first-order chi connectivity index (χ1) is 11.6. The molecule has 0 aliphatic carbocycles. The van der Waals surface area contributed by atoms with Crippen molar-refractivity contribution >= 4 is 11.8 Å². The summed E-state index contributed by atoms with van der Waals surface area (Å²) in [5, 5.41) is 0. The molecule has 1 aliphatic heterocycles. The molecule has 124 valence electrons. The van der Waals surface area contributed by atoms with Crippen molar-refractivity contribution < 1.29 is 9.59 Å². The summed E-state index contributed by atoms with van der Waals surface area (Å²) in [6, 6.07) is 11.0. The monoisotopic (exact) mass is 324 g/mol. The Bertz CT molecular complexity index is 725. The summed E-state index contributed by atoms with van der Waals surface area (Å²) >= 11 is 0. The number of aromatic nitrogens is 2. The van der Waals surface area contributed by atoms with Crippen LogP contribution in [0.2, 0.25) is 0 Å². The Morgan fingerprint density at radius 2 is 1.75 bits per heavy atom. The van der Waals surface area contributed by atoms with Gasteiger partial charge in [-0.3, -0.25) is 14.6 Å². The van der Waals surface area contributed by atoms with Crippen LogP contribution >= 0.6 is 0 Å². The molecule has 2 aromatic rings. The molecule has 1 saturated heterocycles. The predicted molar refractivity (Wildman–Crippen MR) is 89.4 cm³/mol. The van der Waals surface area contributed by atoms with E-state index in [4.69, 9.17) is 0 Å². The zero-order valence-corrected chi connectivity index (χ0v) is 13.7. The standard InChI is InChI=1S/C18H20N4O2/c1-14-5-4-7-16(20-14)18(24)22-11-9-21(10-12-22)17(23)13-15-6-2-3-8-19-15/h2-8H,9-13H2,1H3. The zero-order chi connectivity index (χ0) is 16.9. The predicted octanol–water partition coefficient (Wildman–Crippen LogP) is 1.31. The highest BCUT2D eigenvalue weighted by molar-refractivity contribution is 5.92. The van der Waals surface area contributed by atoms with Crippen LogP contribution < -0.4 is 0 Å². The molecule has 2 amide bonds. The maximum Gasteiger partial charge on any atom is 0.272 e. The SMILES string of the molecule is Cc1cccc(C(=O)N2CCN(C(=O)Cc3ccccn3)CC2)n1. The largest absolute Gasteiger partial charge is 0.339 e. The van der Waals surface area contributed by atoms with Crippen LogP contribution in [-0.2, 0) is 11.2 Å². The number of amides is 2. The van der Waals surface area contributed by atoms with Crippen molar-refractivity contribution in [2.75, 3.05) is 26.2 Å². The van der Waals surface area contributed by atoms with Crippen molar-refractivity contribution in [3.05, 3.63) is 59.7 Å². The summed E-state index contributed by atoms with van der Waals surface area (Å²) in [6.45, 7) is 4.02. The molecule has 0 atom stereocenters. The van der Waals surface area contributed by atoms with Gasteiger partial charge in [-0.1, -0.05) is 12.1 Å². The van der Waals surface area contributed by atoms with Crippen LogP contribution in [0.3, 0.4) is 0 Å². The third kappa shape index (κ3) is 3.76. The molecule has 24 heavy (non-hydrogen) atoms. The molecule has 6 nitrogen and oxygen atoms in total. The molecule has 0 unspecified atom stereocenters. The third-order valence-electron chi connectivity index (χ3n) is 4.09. The van der Waals surface area contributed by atoms with Gasteiger partial charge in [-0.2, -0.15) is 0 Å². The van der Waals surface area contributed by atoms with E-state index in [0.717, 1.165) is 11.4 Å². The Labute approximate surface area is 141 Å². The lowest BCUT2D eigenvalue weighted by atomic mass is 10.2. The van der Waals surface area contributed by atoms with Crippen LogP contribution in [0.5, 0.6) is 0 Å². The van der Waals surface area contributed by atoms with E-state index < -0.39 is 0 Å². The van der Waals surface area contributed by atoms with E-state index >= 15 is 0 Å². The van der Waals surface area contributed by atoms with E-state index in [9.17, 15) is 9.59 Å². The molecular formula is C18H20N4O2. The maximum atomic E-state index is 12.5. The lowest BCUT2D eigenvalue weighted by molar-refractivity contribution is -0.132. The molecule has 2 aromatic heterocycles. The van der Waals surface area contributed by atoms with Gasteiger partial charge in [0, 0.05) is 43.8 Å². The van der Waals surface area contributed by atoms with Crippen molar-refractivity contribution in [2.24, 2.45) is 0 Å². The van der Waals surface area contributed by atoms with Crippen molar-refractivity contribution in [1.29, 1.82) is 0 Å². The van der Waals surface area contributed by atoms with Crippen molar-refractivity contribution in [1.82, 2.24) is 19.8 Å². The Kier molecular flexibility index (Phi) is 4.84. The van der Waals surface area contributed by atoms with Crippen molar-refractivity contribution in [3.8, 4) is 0 Å². The van der Waals surface area contributed by atoms with Crippen molar-refractivity contribution in [3.63, 3.8) is 0 Å². The molecule has 0 bridgehead atoms. The summed E-state index contributed by atoms with van der Waals surface area (Å²) in [5.74, 6) is -0.0231. The molecule has 0 N–H and O–H groups in total. The summed E-state index contributed by atoms with van der Waals surface area (Å²) in [6.07, 6.45) is 1.99. The highest BCUT2D eigenvalue weighted by atomic mass is 16.2. The Hall–Kier alpha value is -2.76. The highest BCUT2D eigenvalue weighted by Crippen LogP contribution is 2.09.